The Bertz CT molecular complexity index is 246. The van der Waals surface area contributed by atoms with Crippen molar-refractivity contribution in [2.45, 2.75) is 45.8 Å². The molecule has 0 aliphatic carbocycles. The third-order valence-electron chi connectivity index (χ3n) is 2.87. The van der Waals surface area contributed by atoms with Crippen molar-refractivity contribution < 1.29 is 14.3 Å². The van der Waals surface area contributed by atoms with Crippen LogP contribution in [0.1, 0.15) is 34.1 Å². The Morgan fingerprint density at radius 3 is 2.39 bits per heavy atom. The van der Waals surface area contributed by atoms with Gasteiger partial charge in [-0.1, -0.05) is 13.8 Å². The number of nitrogens with one attached hydrogen (secondary N) is 1. The first-order valence-electron chi connectivity index (χ1n) is 6.50. The van der Waals surface area contributed by atoms with Crippen molar-refractivity contribution in [3.63, 3.8) is 0 Å². The molecule has 2 atom stereocenters. The summed E-state index contributed by atoms with van der Waals surface area (Å²) < 4.78 is 11.0. The van der Waals surface area contributed by atoms with Crippen LogP contribution < -0.4 is 11.1 Å². The van der Waals surface area contributed by atoms with Crippen molar-refractivity contribution in [2.24, 2.45) is 11.7 Å². The first kappa shape index (κ1) is 17.4. The Kier molecular flexibility index (Phi) is 8.15. The summed E-state index contributed by atoms with van der Waals surface area (Å²) >= 11 is 0. The second-order valence-corrected chi connectivity index (χ2v) is 5.30. The van der Waals surface area contributed by atoms with Gasteiger partial charge < -0.3 is 20.5 Å². The second-order valence-electron chi connectivity index (χ2n) is 5.30. The second kappa shape index (κ2) is 8.45. The Morgan fingerprint density at radius 2 is 1.94 bits per heavy atom. The largest absolute Gasteiger partial charge is 0.379 e. The first-order valence-corrected chi connectivity index (χ1v) is 6.50. The van der Waals surface area contributed by atoms with Gasteiger partial charge in [-0.25, -0.2) is 0 Å². The van der Waals surface area contributed by atoms with Crippen LogP contribution in [0.15, 0.2) is 0 Å². The third-order valence-corrected chi connectivity index (χ3v) is 2.87. The molecule has 18 heavy (non-hydrogen) atoms. The van der Waals surface area contributed by atoms with Gasteiger partial charge in [0.25, 0.3) is 0 Å². The SMILES string of the molecule is CNC(C)(CC(C)OCCOCC(C)C)C(N)=O. The summed E-state index contributed by atoms with van der Waals surface area (Å²) in [7, 11) is 1.73. The molecule has 0 aliphatic rings. The van der Waals surface area contributed by atoms with Gasteiger partial charge in [-0.05, 0) is 26.8 Å². The van der Waals surface area contributed by atoms with Gasteiger partial charge in [0.1, 0.15) is 0 Å². The number of hydrogen-bond donors (Lipinski definition) is 2. The Labute approximate surface area is 110 Å². The van der Waals surface area contributed by atoms with Gasteiger partial charge in [0.05, 0.1) is 24.9 Å². The van der Waals surface area contributed by atoms with Crippen LogP contribution in [0.2, 0.25) is 0 Å². The zero-order valence-corrected chi connectivity index (χ0v) is 12.3. The van der Waals surface area contributed by atoms with Crippen molar-refractivity contribution in [1.82, 2.24) is 5.32 Å². The average Bonchev–Trinajstić information content (AvgIpc) is 2.27. The van der Waals surface area contributed by atoms with E-state index in [4.69, 9.17) is 15.2 Å². The fraction of sp³-hybridized carbons (Fsp3) is 0.923. The van der Waals surface area contributed by atoms with E-state index in [1.807, 2.05) is 6.92 Å². The molecule has 1 amide bonds. The van der Waals surface area contributed by atoms with Gasteiger partial charge >= 0.3 is 0 Å². The first-order chi connectivity index (χ1) is 8.31. The van der Waals surface area contributed by atoms with Gasteiger partial charge in [-0.3, -0.25) is 4.79 Å². The lowest BCUT2D eigenvalue weighted by atomic mass is 9.94. The van der Waals surface area contributed by atoms with Crippen LogP contribution >= 0.6 is 0 Å². The van der Waals surface area contributed by atoms with E-state index < -0.39 is 5.54 Å². The number of amides is 1. The summed E-state index contributed by atoms with van der Waals surface area (Å²) in [5.74, 6) is 0.168. The number of carbonyl (C=O) groups is 1. The van der Waals surface area contributed by atoms with Crippen LogP contribution in [0.5, 0.6) is 0 Å². The predicted octanol–water partition coefficient (Wildman–Crippen LogP) is 0.918. The maximum Gasteiger partial charge on any atom is 0.237 e. The van der Waals surface area contributed by atoms with E-state index in [2.05, 4.69) is 19.2 Å². The molecule has 0 saturated carbocycles. The lowest BCUT2D eigenvalue weighted by Crippen LogP contribution is -2.53. The highest BCUT2D eigenvalue weighted by Crippen LogP contribution is 2.13. The molecule has 5 heteroatoms. The highest BCUT2D eigenvalue weighted by atomic mass is 16.5. The smallest absolute Gasteiger partial charge is 0.237 e. The number of ether oxygens (including phenoxy) is 2. The molecule has 3 N–H and O–H groups in total. The van der Waals surface area contributed by atoms with E-state index in [1.54, 1.807) is 14.0 Å². The van der Waals surface area contributed by atoms with Crippen LogP contribution in [0.4, 0.5) is 0 Å². The lowest BCUT2D eigenvalue weighted by Gasteiger charge is -2.28. The molecule has 0 aromatic heterocycles. The summed E-state index contributed by atoms with van der Waals surface area (Å²) in [6, 6.07) is 0. The van der Waals surface area contributed by atoms with Crippen LogP contribution in [0.25, 0.3) is 0 Å². The molecule has 0 spiro atoms. The van der Waals surface area contributed by atoms with E-state index >= 15 is 0 Å². The van der Waals surface area contributed by atoms with Crippen LogP contribution in [0, 0.1) is 5.92 Å². The zero-order valence-electron chi connectivity index (χ0n) is 12.3. The number of nitrogens with two attached hydrogens (primary N) is 1. The molecule has 2 unspecified atom stereocenters. The minimum Gasteiger partial charge on any atom is -0.379 e. The van der Waals surface area contributed by atoms with E-state index in [0.717, 1.165) is 6.61 Å². The van der Waals surface area contributed by atoms with Gasteiger partial charge in [-0.15, -0.1) is 0 Å². The summed E-state index contributed by atoms with van der Waals surface area (Å²) in [5, 5.41) is 2.94. The van der Waals surface area contributed by atoms with Crippen molar-refractivity contribution in [2.75, 3.05) is 26.9 Å². The summed E-state index contributed by atoms with van der Waals surface area (Å²) in [4.78, 5) is 11.3. The van der Waals surface area contributed by atoms with Crippen LogP contribution in [-0.4, -0.2) is 44.4 Å². The standard InChI is InChI=1S/C13H28N2O3/c1-10(2)9-17-6-7-18-11(3)8-13(4,15-5)12(14)16/h10-11,15H,6-9H2,1-5H3,(H2,14,16). The maximum absolute atomic E-state index is 11.3. The topological polar surface area (TPSA) is 73.6 Å². The Balaban J connectivity index is 3.83. The van der Waals surface area contributed by atoms with Crippen LogP contribution in [0.3, 0.4) is 0 Å². The number of rotatable bonds is 10. The highest BCUT2D eigenvalue weighted by Gasteiger charge is 2.31. The van der Waals surface area contributed by atoms with Crippen LogP contribution in [-0.2, 0) is 14.3 Å². The van der Waals surface area contributed by atoms with E-state index in [1.165, 1.54) is 0 Å². The molecular formula is C13H28N2O3. The normalized spacial score (nSPS) is 16.6. The Hall–Kier alpha value is -0.650. The summed E-state index contributed by atoms with van der Waals surface area (Å²) in [5.41, 5.74) is 4.63. The van der Waals surface area contributed by atoms with Crippen molar-refractivity contribution >= 4 is 5.91 Å². The molecule has 0 aromatic carbocycles. The fourth-order valence-corrected chi connectivity index (χ4v) is 1.59. The highest BCUT2D eigenvalue weighted by molar-refractivity contribution is 5.84. The zero-order chi connectivity index (χ0) is 14.2. The van der Waals surface area contributed by atoms with Crippen molar-refractivity contribution in [3.8, 4) is 0 Å². The number of hydrogen-bond acceptors (Lipinski definition) is 4. The number of primary amides is 1. The van der Waals surface area contributed by atoms with Gasteiger partial charge in [0, 0.05) is 13.0 Å². The van der Waals surface area contributed by atoms with Gasteiger partial charge in [0.2, 0.25) is 5.91 Å². The molecule has 0 radical (unpaired) electrons. The lowest BCUT2D eigenvalue weighted by molar-refractivity contribution is -0.125. The molecule has 0 aromatic rings. The summed E-state index contributed by atoms with van der Waals surface area (Å²) in [6.45, 7) is 9.78. The quantitative estimate of drug-likeness (QED) is 0.573. The minimum atomic E-state index is -0.724. The van der Waals surface area contributed by atoms with Crippen molar-refractivity contribution in [1.29, 1.82) is 0 Å². The minimum absolute atomic E-state index is 0.0439. The molecule has 0 fully saturated rings. The average molecular weight is 260 g/mol. The molecule has 108 valence electrons. The van der Waals surface area contributed by atoms with Crippen molar-refractivity contribution in [3.05, 3.63) is 0 Å². The third kappa shape index (κ3) is 6.93. The maximum atomic E-state index is 11.3. The monoisotopic (exact) mass is 260 g/mol. The number of carbonyl (C=O) groups excluding carboxylic acids is 1. The molecular weight excluding hydrogens is 232 g/mol. The summed E-state index contributed by atoms with van der Waals surface area (Å²) in [6.07, 6.45) is 0.501. The van der Waals surface area contributed by atoms with Gasteiger partial charge in [0.15, 0.2) is 0 Å². The predicted molar refractivity (Wildman–Crippen MR) is 72.3 cm³/mol. The van der Waals surface area contributed by atoms with E-state index in [9.17, 15) is 4.79 Å². The Morgan fingerprint density at radius 1 is 1.33 bits per heavy atom. The van der Waals surface area contributed by atoms with Gasteiger partial charge in [-0.2, -0.15) is 0 Å². The van der Waals surface area contributed by atoms with E-state index in [0.29, 0.717) is 25.6 Å². The molecule has 5 nitrogen and oxygen atoms in total. The molecule has 0 heterocycles. The molecule has 0 saturated heterocycles. The molecule has 0 rings (SSSR count). The van der Waals surface area contributed by atoms with E-state index in [-0.39, 0.29) is 12.0 Å². The fourth-order valence-electron chi connectivity index (χ4n) is 1.59. The molecule has 0 aliphatic heterocycles. The number of likely N-dealkylation sites (N-methyl/N-ethyl adjacent to an activating group) is 1. The molecule has 0 bridgehead atoms.